The highest BCUT2D eigenvalue weighted by atomic mass is 35.5. The summed E-state index contributed by atoms with van der Waals surface area (Å²) in [5.41, 5.74) is 5.56. The third-order valence-corrected chi connectivity index (χ3v) is 2.65. The van der Waals surface area contributed by atoms with Crippen molar-refractivity contribution in [3.63, 3.8) is 0 Å². The molecule has 1 N–H and O–H groups in total. The van der Waals surface area contributed by atoms with E-state index < -0.39 is 0 Å². The molecule has 2 aromatic rings. The maximum Gasteiger partial charge on any atom is 0.243 e. The minimum atomic E-state index is 0.461. The van der Waals surface area contributed by atoms with Crippen LogP contribution in [0.15, 0.2) is 46.5 Å². The number of hydrogen-bond acceptors (Lipinski definition) is 4. The fourth-order valence-electron chi connectivity index (χ4n) is 1.67. The third-order valence-electron chi connectivity index (χ3n) is 2.44. The van der Waals surface area contributed by atoms with Crippen molar-refractivity contribution >= 4 is 29.8 Å². The second kappa shape index (κ2) is 6.82. The molecule has 0 saturated heterocycles. The first-order valence-electron chi connectivity index (χ1n) is 6.17. The molecular weight excluding hydrogens is 272 g/mol. The summed E-state index contributed by atoms with van der Waals surface area (Å²) < 4.78 is 0. The maximum absolute atomic E-state index is 6.08. The van der Waals surface area contributed by atoms with E-state index >= 15 is 0 Å². The number of rotatable bonds is 4. The van der Waals surface area contributed by atoms with Crippen LogP contribution in [0, 0.1) is 13.8 Å². The average Bonchev–Trinajstić information content (AvgIpc) is 2.38. The maximum atomic E-state index is 6.08. The van der Waals surface area contributed by atoms with Crippen LogP contribution >= 0.6 is 11.6 Å². The summed E-state index contributed by atoms with van der Waals surface area (Å²) in [5.74, 6) is 0.461. The van der Waals surface area contributed by atoms with Crippen LogP contribution in [0.5, 0.6) is 0 Å². The molecule has 0 saturated carbocycles. The molecule has 0 fully saturated rings. The van der Waals surface area contributed by atoms with Crippen LogP contribution in [0.4, 0.5) is 5.95 Å². The first-order valence-corrected chi connectivity index (χ1v) is 6.55. The van der Waals surface area contributed by atoms with Crippen molar-refractivity contribution in [1.82, 2.24) is 9.97 Å². The Morgan fingerprint density at radius 2 is 1.80 bits per heavy atom. The highest BCUT2D eigenvalue weighted by Crippen LogP contribution is 2.08. The monoisotopic (exact) mass is 286 g/mol. The van der Waals surface area contributed by atoms with Crippen LogP contribution < -0.4 is 5.43 Å². The van der Waals surface area contributed by atoms with Gasteiger partial charge < -0.3 is 0 Å². The minimum absolute atomic E-state index is 0.461. The quantitative estimate of drug-likeness (QED) is 0.687. The number of halogens is 1. The molecule has 0 unspecified atom stereocenters. The molecule has 4 nitrogen and oxygen atoms in total. The predicted molar refractivity (Wildman–Crippen MR) is 83.9 cm³/mol. The van der Waals surface area contributed by atoms with Gasteiger partial charge in [0.05, 0.1) is 11.2 Å². The molecule has 0 aliphatic carbocycles. The van der Waals surface area contributed by atoms with Crippen LogP contribution in [0.3, 0.4) is 0 Å². The lowest BCUT2D eigenvalue weighted by Crippen LogP contribution is -1.99. The van der Waals surface area contributed by atoms with E-state index in [0.717, 1.165) is 17.0 Å². The summed E-state index contributed by atoms with van der Waals surface area (Å²) in [7, 11) is 0. The van der Waals surface area contributed by atoms with Gasteiger partial charge in [0.25, 0.3) is 0 Å². The van der Waals surface area contributed by atoms with Gasteiger partial charge in [-0.1, -0.05) is 41.9 Å². The van der Waals surface area contributed by atoms with Crippen molar-refractivity contribution in [1.29, 1.82) is 0 Å². The average molecular weight is 287 g/mol. The molecule has 1 aromatic heterocycles. The smallest absolute Gasteiger partial charge is 0.243 e. The zero-order chi connectivity index (χ0) is 14.4. The molecule has 20 heavy (non-hydrogen) atoms. The van der Waals surface area contributed by atoms with E-state index in [1.165, 1.54) is 6.21 Å². The summed E-state index contributed by atoms with van der Waals surface area (Å²) in [6.45, 7) is 3.82. The van der Waals surface area contributed by atoms with Crippen LogP contribution in [0.1, 0.15) is 17.0 Å². The molecule has 0 spiro atoms. The van der Waals surface area contributed by atoms with Gasteiger partial charge in [-0.25, -0.2) is 15.4 Å². The van der Waals surface area contributed by atoms with Gasteiger partial charge in [0.1, 0.15) is 0 Å². The zero-order valence-corrected chi connectivity index (χ0v) is 12.1. The molecule has 0 radical (unpaired) electrons. The van der Waals surface area contributed by atoms with Crippen molar-refractivity contribution < 1.29 is 0 Å². The summed E-state index contributed by atoms with van der Waals surface area (Å²) in [4.78, 5) is 8.43. The first-order chi connectivity index (χ1) is 9.63. The van der Waals surface area contributed by atoms with E-state index in [0.29, 0.717) is 11.0 Å². The normalized spacial score (nSPS) is 11.8. The lowest BCUT2D eigenvalue weighted by molar-refractivity contribution is 1.04. The Hall–Kier alpha value is -2.20. The molecule has 0 bridgehead atoms. The number of nitrogens with one attached hydrogen (secondary N) is 1. The Labute approximate surface area is 123 Å². The number of allylic oxidation sites excluding steroid dienone is 1. The zero-order valence-electron chi connectivity index (χ0n) is 11.3. The van der Waals surface area contributed by atoms with E-state index in [-0.39, 0.29) is 0 Å². The van der Waals surface area contributed by atoms with Crippen molar-refractivity contribution in [2.75, 3.05) is 5.43 Å². The number of aromatic nitrogens is 2. The van der Waals surface area contributed by atoms with Gasteiger partial charge >= 0.3 is 0 Å². The van der Waals surface area contributed by atoms with Gasteiger partial charge in [0.2, 0.25) is 5.95 Å². The predicted octanol–water partition coefficient (Wildman–Crippen LogP) is 3.77. The second-order valence-electron chi connectivity index (χ2n) is 4.28. The highest BCUT2D eigenvalue weighted by Gasteiger charge is 1.96. The number of hydrazone groups is 1. The van der Waals surface area contributed by atoms with Gasteiger partial charge in [-0.15, -0.1) is 0 Å². The number of aryl methyl sites for hydroxylation is 2. The lowest BCUT2D eigenvalue weighted by atomic mass is 10.2. The number of benzene rings is 1. The van der Waals surface area contributed by atoms with Crippen LogP contribution in [0.25, 0.3) is 6.08 Å². The van der Waals surface area contributed by atoms with Crippen LogP contribution in [-0.2, 0) is 0 Å². The van der Waals surface area contributed by atoms with Gasteiger partial charge in [-0.05, 0) is 31.6 Å². The van der Waals surface area contributed by atoms with Gasteiger partial charge in [-0.2, -0.15) is 5.10 Å². The summed E-state index contributed by atoms with van der Waals surface area (Å²) >= 11 is 6.08. The molecule has 0 amide bonds. The summed E-state index contributed by atoms with van der Waals surface area (Å²) in [5, 5.41) is 4.54. The van der Waals surface area contributed by atoms with E-state index in [9.17, 15) is 0 Å². The Morgan fingerprint density at radius 1 is 1.15 bits per heavy atom. The van der Waals surface area contributed by atoms with Gasteiger partial charge in [-0.3, -0.25) is 0 Å². The third kappa shape index (κ3) is 4.48. The molecule has 1 aromatic carbocycles. The number of anilines is 1. The standard InChI is InChI=1S/C15H15ClN4/c1-11-8-12(2)19-15(18-11)20-17-10-14(16)9-13-6-4-3-5-7-13/h3-10H,1-2H3,(H,18,19,20)/b14-9-,17-10+. The number of hydrogen-bond donors (Lipinski definition) is 1. The Kier molecular flexibility index (Phi) is 4.85. The molecule has 2 rings (SSSR count). The molecule has 5 heteroatoms. The molecule has 0 aliphatic rings. The molecule has 1 heterocycles. The number of nitrogens with zero attached hydrogens (tertiary/aromatic N) is 3. The van der Waals surface area contributed by atoms with E-state index in [1.807, 2.05) is 56.3 Å². The lowest BCUT2D eigenvalue weighted by Gasteiger charge is -2.01. The molecule has 102 valence electrons. The van der Waals surface area contributed by atoms with Crippen molar-refractivity contribution in [2.45, 2.75) is 13.8 Å². The van der Waals surface area contributed by atoms with Crippen LogP contribution in [0.2, 0.25) is 0 Å². The fourth-order valence-corrected chi connectivity index (χ4v) is 1.85. The van der Waals surface area contributed by atoms with E-state index in [1.54, 1.807) is 0 Å². The fraction of sp³-hybridized carbons (Fsp3) is 0.133. The van der Waals surface area contributed by atoms with Crippen molar-refractivity contribution in [3.05, 3.63) is 58.4 Å². The van der Waals surface area contributed by atoms with Gasteiger partial charge in [0, 0.05) is 11.4 Å². The molecule has 0 aliphatic heterocycles. The first kappa shape index (κ1) is 14.2. The highest BCUT2D eigenvalue weighted by molar-refractivity contribution is 6.41. The Balaban J connectivity index is 2.01. The summed E-state index contributed by atoms with van der Waals surface area (Å²) in [6, 6.07) is 11.7. The van der Waals surface area contributed by atoms with Crippen LogP contribution in [-0.4, -0.2) is 16.2 Å². The topological polar surface area (TPSA) is 50.2 Å². The Morgan fingerprint density at radius 3 is 2.45 bits per heavy atom. The SMILES string of the molecule is Cc1cc(C)nc(N/N=C/C(Cl)=C/c2ccccc2)n1. The van der Waals surface area contributed by atoms with Gasteiger partial charge in [0.15, 0.2) is 0 Å². The van der Waals surface area contributed by atoms with Crippen molar-refractivity contribution in [3.8, 4) is 0 Å². The Bertz CT molecular complexity index is 615. The van der Waals surface area contributed by atoms with E-state index in [2.05, 4.69) is 20.5 Å². The van der Waals surface area contributed by atoms with Crippen molar-refractivity contribution in [2.24, 2.45) is 5.10 Å². The largest absolute Gasteiger partial charge is 0.245 e. The summed E-state index contributed by atoms with van der Waals surface area (Å²) in [6.07, 6.45) is 3.35. The molecule has 0 atom stereocenters. The second-order valence-corrected chi connectivity index (χ2v) is 4.72. The minimum Gasteiger partial charge on any atom is -0.245 e. The van der Waals surface area contributed by atoms with E-state index in [4.69, 9.17) is 11.6 Å². The molecular formula is C15H15ClN4.